The van der Waals surface area contributed by atoms with E-state index >= 15 is 0 Å². The summed E-state index contributed by atoms with van der Waals surface area (Å²) < 4.78 is 29.7. The molecule has 1 heterocycles. The highest BCUT2D eigenvalue weighted by molar-refractivity contribution is 14.0. The summed E-state index contributed by atoms with van der Waals surface area (Å²) in [4.78, 5) is 9.13. The normalized spacial score (nSPS) is 17.2. The van der Waals surface area contributed by atoms with E-state index in [-0.39, 0.29) is 29.7 Å². The van der Waals surface area contributed by atoms with Gasteiger partial charge >= 0.3 is 6.61 Å². The third-order valence-electron chi connectivity index (χ3n) is 5.11. The first kappa shape index (κ1) is 25.8. The van der Waals surface area contributed by atoms with Crippen LogP contribution in [0.25, 0.3) is 0 Å². The van der Waals surface area contributed by atoms with Crippen LogP contribution in [0.15, 0.2) is 29.3 Å². The monoisotopic (exact) mass is 525 g/mol. The van der Waals surface area contributed by atoms with Crippen LogP contribution < -0.4 is 15.4 Å². The topological polar surface area (TPSA) is 52.1 Å². The van der Waals surface area contributed by atoms with Crippen LogP contribution in [-0.4, -0.2) is 75.2 Å². The van der Waals surface area contributed by atoms with E-state index in [2.05, 4.69) is 51.1 Å². The van der Waals surface area contributed by atoms with E-state index in [0.717, 1.165) is 32.7 Å². The van der Waals surface area contributed by atoms with E-state index < -0.39 is 6.61 Å². The second-order valence-electron chi connectivity index (χ2n) is 7.44. The summed E-state index contributed by atoms with van der Waals surface area (Å²) in [6.45, 7) is 7.04. The number of hydrogen-bond donors (Lipinski definition) is 2. The summed E-state index contributed by atoms with van der Waals surface area (Å²) in [5.41, 5.74) is 0.658. The van der Waals surface area contributed by atoms with E-state index in [1.165, 1.54) is 0 Å². The Morgan fingerprint density at radius 1 is 1.14 bits per heavy atom. The van der Waals surface area contributed by atoms with Crippen LogP contribution in [0.5, 0.6) is 5.75 Å². The number of nitrogens with one attached hydrogen (secondary N) is 2. The zero-order valence-corrected chi connectivity index (χ0v) is 20.0. The van der Waals surface area contributed by atoms with Gasteiger partial charge in [0, 0.05) is 57.9 Å². The molecule has 29 heavy (non-hydrogen) atoms. The van der Waals surface area contributed by atoms with Crippen molar-refractivity contribution in [2.45, 2.75) is 33.0 Å². The van der Waals surface area contributed by atoms with Crippen molar-refractivity contribution in [2.75, 3.05) is 46.8 Å². The number of likely N-dealkylation sites (N-methyl/N-ethyl adjacent to an activating group) is 1. The summed E-state index contributed by atoms with van der Waals surface area (Å²) in [5.74, 6) is 1.33. The summed E-state index contributed by atoms with van der Waals surface area (Å²) in [6.07, 6.45) is 0. The van der Waals surface area contributed by atoms with E-state index in [1.807, 2.05) is 0 Å². The largest absolute Gasteiger partial charge is 0.434 e. The molecule has 1 saturated heterocycles. The molecule has 0 aliphatic carbocycles. The molecule has 1 atom stereocenters. The third-order valence-corrected chi connectivity index (χ3v) is 5.11. The molecule has 166 valence electrons. The standard InChI is InChI=1S/C20H33F2N5O.HI/c1-15(2)17(27-11-9-26(4)10-12-27)14-25-20(23-3)24-13-16-7-5-6-8-18(16)28-19(21)22;/h5-8,15,17,19H,9-14H2,1-4H3,(H2,23,24,25);1H. The zero-order valence-electron chi connectivity index (χ0n) is 17.7. The number of nitrogens with zero attached hydrogens (tertiary/aromatic N) is 3. The second kappa shape index (κ2) is 13.2. The van der Waals surface area contributed by atoms with Gasteiger partial charge in [-0.1, -0.05) is 32.0 Å². The van der Waals surface area contributed by atoms with E-state index in [0.29, 0.717) is 30.0 Å². The summed E-state index contributed by atoms with van der Waals surface area (Å²) in [6, 6.07) is 7.19. The fraction of sp³-hybridized carbons (Fsp3) is 0.650. The smallest absolute Gasteiger partial charge is 0.387 e. The van der Waals surface area contributed by atoms with Crippen molar-refractivity contribution < 1.29 is 13.5 Å². The van der Waals surface area contributed by atoms with Crippen LogP contribution >= 0.6 is 24.0 Å². The van der Waals surface area contributed by atoms with Gasteiger partial charge in [0.1, 0.15) is 5.75 Å². The minimum atomic E-state index is -2.84. The Hall–Kier alpha value is -1.20. The molecule has 1 aliphatic heterocycles. The maximum atomic E-state index is 12.6. The first-order chi connectivity index (χ1) is 13.4. The average Bonchev–Trinajstić information content (AvgIpc) is 2.66. The van der Waals surface area contributed by atoms with Crippen molar-refractivity contribution in [3.63, 3.8) is 0 Å². The quantitative estimate of drug-likeness (QED) is 0.311. The first-order valence-corrected chi connectivity index (χ1v) is 9.80. The Morgan fingerprint density at radius 2 is 1.79 bits per heavy atom. The number of halogens is 3. The minimum absolute atomic E-state index is 0. The zero-order chi connectivity index (χ0) is 20.5. The van der Waals surface area contributed by atoms with Gasteiger partial charge in [0.15, 0.2) is 5.96 Å². The summed E-state index contributed by atoms with van der Waals surface area (Å²) >= 11 is 0. The lowest BCUT2D eigenvalue weighted by Crippen LogP contribution is -2.55. The van der Waals surface area contributed by atoms with Gasteiger partial charge in [0.25, 0.3) is 0 Å². The molecule has 0 bridgehead atoms. The minimum Gasteiger partial charge on any atom is -0.434 e. The van der Waals surface area contributed by atoms with Crippen molar-refractivity contribution in [1.82, 2.24) is 20.4 Å². The first-order valence-electron chi connectivity index (χ1n) is 9.80. The molecule has 0 saturated carbocycles. The highest BCUT2D eigenvalue weighted by atomic mass is 127. The summed E-state index contributed by atoms with van der Waals surface area (Å²) in [5, 5.41) is 6.58. The Bertz CT molecular complexity index is 625. The number of alkyl halides is 2. The number of ether oxygens (including phenoxy) is 1. The SMILES string of the molecule is CN=C(NCc1ccccc1OC(F)F)NCC(C(C)C)N1CCN(C)CC1.I. The maximum Gasteiger partial charge on any atom is 0.387 e. The fourth-order valence-electron chi connectivity index (χ4n) is 3.40. The number of guanidine groups is 1. The molecule has 2 rings (SSSR count). The van der Waals surface area contributed by atoms with E-state index in [9.17, 15) is 8.78 Å². The summed E-state index contributed by atoms with van der Waals surface area (Å²) in [7, 11) is 3.86. The molecule has 1 unspecified atom stereocenters. The maximum absolute atomic E-state index is 12.6. The van der Waals surface area contributed by atoms with Gasteiger partial charge in [0.05, 0.1) is 0 Å². The third kappa shape index (κ3) is 8.59. The van der Waals surface area contributed by atoms with Crippen molar-refractivity contribution in [3.05, 3.63) is 29.8 Å². The molecule has 9 heteroatoms. The van der Waals surface area contributed by atoms with E-state index in [4.69, 9.17) is 0 Å². The van der Waals surface area contributed by atoms with Crippen LogP contribution in [0.2, 0.25) is 0 Å². The Balaban J connectivity index is 0.00000420. The van der Waals surface area contributed by atoms with Gasteiger partial charge in [-0.05, 0) is 19.0 Å². The predicted octanol–water partition coefficient (Wildman–Crippen LogP) is 2.84. The number of hydrogen-bond acceptors (Lipinski definition) is 4. The van der Waals surface area contributed by atoms with Crippen molar-refractivity contribution >= 4 is 29.9 Å². The molecule has 0 radical (unpaired) electrons. The van der Waals surface area contributed by atoms with Gasteiger partial charge < -0.3 is 20.3 Å². The lowest BCUT2D eigenvalue weighted by molar-refractivity contribution is -0.0504. The molecule has 1 aromatic carbocycles. The molecule has 6 nitrogen and oxygen atoms in total. The van der Waals surface area contributed by atoms with Gasteiger partial charge in [0.2, 0.25) is 0 Å². The number of rotatable bonds is 8. The van der Waals surface area contributed by atoms with Crippen molar-refractivity contribution in [3.8, 4) is 5.75 Å². The van der Waals surface area contributed by atoms with Crippen LogP contribution in [0, 0.1) is 5.92 Å². The van der Waals surface area contributed by atoms with Gasteiger partial charge in [-0.15, -0.1) is 24.0 Å². The van der Waals surface area contributed by atoms with Crippen molar-refractivity contribution in [1.29, 1.82) is 0 Å². The van der Waals surface area contributed by atoms with Crippen molar-refractivity contribution in [2.24, 2.45) is 10.9 Å². The fourth-order valence-corrected chi connectivity index (χ4v) is 3.40. The molecule has 0 spiro atoms. The second-order valence-corrected chi connectivity index (χ2v) is 7.44. The molecule has 0 amide bonds. The van der Waals surface area contributed by atoms with Gasteiger partial charge in [-0.3, -0.25) is 9.89 Å². The number of para-hydroxylation sites is 1. The average molecular weight is 525 g/mol. The van der Waals surface area contributed by atoms with Crippen LogP contribution in [0.1, 0.15) is 19.4 Å². The predicted molar refractivity (Wildman–Crippen MR) is 124 cm³/mol. The number of aliphatic imine (C=N–C) groups is 1. The van der Waals surface area contributed by atoms with E-state index in [1.54, 1.807) is 31.3 Å². The lowest BCUT2D eigenvalue weighted by Gasteiger charge is -2.40. The molecule has 0 aromatic heterocycles. The van der Waals surface area contributed by atoms with Crippen LogP contribution in [0.4, 0.5) is 8.78 Å². The molecule has 1 aromatic rings. The van der Waals surface area contributed by atoms with Gasteiger partial charge in [-0.25, -0.2) is 0 Å². The van der Waals surface area contributed by atoms with Gasteiger partial charge in [-0.2, -0.15) is 8.78 Å². The van der Waals surface area contributed by atoms with Crippen LogP contribution in [0.3, 0.4) is 0 Å². The molecule has 1 fully saturated rings. The number of benzene rings is 1. The molecule has 2 N–H and O–H groups in total. The highest BCUT2D eigenvalue weighted by Crippen LogP contribution is 2.20. The molecule has 1 aliphatic rings. The molecular weight excluding hydrogens is 491 g/mol. The number of piperazine rings is 1. The highest BCUT2D eigenvalue weighted by Gasteiger charge is 2.25. The molecular formula is C20H34F2IN5O. The van der Waals surface area contributed by atoms with Crippen LogP contribution in [-0.2, 0) is 6.54 Å². The Kier molecular flexibility index (Phi) is 11.7. The Labute approximate surface area is 190 Å². The Morgan fingerprint density at radius 3 is 2.38 bits per heavy atom. The lowest BCUT2D eigenvalue weighted by atomic mass is 10.0.